The van der Waals surface area contributed by atoms with Gasteiger partial charge < -0.3 is 15.7 Å². The van der Waals surface area contributed by atoms with Crippen molar-refractivity contribution in [2.75, 3.05) is 6.54 Å². The van der Waals surface area contributed by atoms with Gasteiger partial charge in [-0.1, -0.05) is 0 Å². The Morgan fingerprint density at radius 2 is 2.33 bits per heavy atom. The van der Waals surface area contributed by atoms with Gasteiger partial charge in [0.05, 0.1) is 0 Å². The fraction of sp³-hybridized carbons (Fsp3) is 0.750. The molecular formula is C8H12F2N2O3. The van der Waals surface area contributed by atoms with E-state index in [2.05, 4.69) is 10.6 Å². The first-order chi connectivity index (χ1) is 7.00. The van der Waals surface area contributed by atoms with E-state index in [4.69, 9.17) is 5.11 Å². The van der Waals surface area contributed by atoms with Crippen molar-refractivity contribution in [2.24, 2.45) is 0 Å². The molecule has 3 N–H and O–H groups in total. The van der Waals surface area contributed by atoms with Crippen LogP contribution in [0.15, 0.2) is 0 Å². The SMILES string of the molecule is O=C1CC[C@@H](C(=O)NCC(O)C(F)F)N1. The molecule has 1 unspecified atom stereocenters. The van der Waals surface area contributed by atoms with Crippen molar-refractivity contribution in [3.63, 3.8) is 0 Å². The lowest BCUT2D eigenvalue weighted by Crippen LogP contribution is -2.45. The van der Waals surface area contributed by atoms with Crippen LogP contribution in [0.5, 0.6) is 0 Å². The van der Waals surface area contributed by atoms with Crippen LogP contribution in [0, 0.1) is 0 Å². The zero-order valence-corrected chi connectivity index (χ0v) is 7.87. The number of carbonyl (C=O) groups is 2. The topological polar surface area (TPSA) is 78.4 Å². The zero-order valence-electron chi connectivity index (χ0n) is 7.87. The first-order valence-corrected chi connectivity index (χ1v) is 4.54. The van der Waals surface area contributed by atoms with E-state index in [9.17, 15) is 18.4 Å². The predicted octanol–water partition coefficient (Wildman–Crippen LogP) is -0.993. The lowest BCUT2D eigenvalue weighted by Gasteiger charge is -2.13. The average Bonchev–Trinajstić information content (AvgIpc) is 2.60. The monoisotopic (exact) mass is 222 g/mol. The van der Waals surface area contributed by atoms with Gasteiger partial charge >= 0.3 is 0 Å². The molecule has 2 atom stereocenters. The van der Waals surface area contributed by atoms with E-state index in [1.54, 1.807) is 0 Å². The van der Waals surface area contributed by atoms with Crippen LogP contribution in [-0.4, -0.2) is 42.0 Å². The van der Waals surface area contributed by atoms with Gasteiger partial charge in [-0.15, -0.1) is 0 Å². The molecule has 2 amide bonds. The van der Waals surface area contributed by atoms with Gasteiger partial charge in [-0.2, -0.15) is 0 Å². The minimum Gasteiger partial charge on any atom is -0.385 e. The van der Waals surface area contributed by atoms with Crippen molar-refractivity contribution in [1.82, 2.24) is 10.6 Å². The molecule has 0 spiro atoms. The lowest BCUT2D eigenvalue weighted by atomic mass is 10.2. The average molecular weight is 222 g/mol. The highest BCUT2D eigenvalue weighted by atomic mass is 19.3. The normalized spacial score (nSPS) is 22.7. The summed E-state index contributed by atoms with van der Waals surface area (Å²) in [5, 5.41) is 13.2. The molecule has 0 bridgehead atoms. The van der Waals surface area contributed by atoms with E-state index in [-0.39, 0.29) is 12.3 Å². The van der Waals surface area contributed by atoms with Gasteiger partial charge in [0.25, 0.3) is 6.43 Å². The number of halogens is 2. The number of nitrogens with one attached hydrogen (secondary N) is 2. The van der Waals surface area contributed by atoms with Crippen LogP contribution < -0.4 is 10.6 Å². The van der Waals surface area contributed by atoms with E-state index < -0.39 is 31.0 Å². The number of rotatable bonds is 4. The minimum absolute atomic E-state index is 0.232. The number of aliphatic hydroxyl groups is 1. The standard InChI is InChI=1S/C8H12F2N2O3/c9-7(10)5(13)3-11-8(15)4-1-2-6(14)12-4/h4-5,7,13H,1-3H2,(H,11,15)(H,12,14)/t4-,5?/m0/s1. The second-order valence-electron chi connectivity index (χ2n) is 3.31. The predicted molar refractivity (Wildman–Crippen MR) is 46.2 cm³/mol. The van der Waals surface area contributed by atoms with Crippen LogP contribution in [0.2, 0.25) is 0 Å². The third-order valence-corrected chi connectivity index (χ3v) is 2.09. The summed E-state index contributed by atoms with van der Waals surface area (Å²) in [6, 6.07) is -0.664. The summed E-state index contributed by atoms with van der Waals surface area (Å²) in [6.07, 6.45) is -4.14. The van der Waals surface area contributed by atoms with Crippen LogP contribution in [0.3, 0.4) is 0 Å². The van der Waals surface area contributed by atoms with Crippen molar-refractivity contribution in [1.29, 1.82) is 0 Å². The van der Waals surface area contributed by atoms with Gasteiger partial charge in [-0.3, -0.25) is 9.59 Å². The largest absolute Gasteiger partial charge is 0.385 e. The summed E-state index contributed by atoms with van der Waals surface area (Å²) in [7, 11) is 0. The minimum atomic E-state index is -2.89. The summed E-state index contributed by atoms with van der Waals surface area (Å²) in [4.78, 5) is 22.0. The molecule has 0 aromatic heterocycles. The third-order valence-electron chi connectivity index (χ3n) is 2.09. The van der Waals surface area contributed by atoms with E-state index in [0.717, 1.165) is 0 Å². The van der Waals surface area contributed by atoms with E-state index in [1.165, 1.54) is 0 Å². The molecule has 7 heteroatoms. The number of hydrogen-bond donors (Lipinski definition) is 3. The van der Waals surface area contributed by atoms with Gasteiger partial charge in [0.2, 0.25) is 11.8 Å². The Hall–Kier alpha value is -1.24. The highest BCUT2D eigenvalue weighted by Crippen LogP contribution is 2.06. The molecular weight excluding hydrogens is 210 g/mol. The molecule has 1 aliphatic heterocycles. The molecule has 0 radical (unpaired) electrons. The van der Waals surface area contributed by atoms with Crippen LogP contribution in [0.1, 0.15) is 12.8 Å². The van der Waals surface area contributed by atoms with E-state index in [1.807, 2.05) is 0 Å². The van der Waals surface area contributed by atoms with Crippen molar-refractivity contribution >= 4 is 11.8 Å². The summed E-state index contributed by atoms with van der Waals surface area (Å²) < 4.78 is 23.7. The highest BCUT2D eigenvalue weighted by Gasteiger charge is 2.28. The zero-order chi connectivity index (χ0) is 11.4. The number of amides is 2. The molecule has 1 rings (SSSR count). The summed E-state index contributed by atoms with van der Waals surface area (Å²) in [5.41, 5.74) is 0. The Morgan fingerprint density at radius 3 is 2.80 bits per heavy atom. The molecule has 0 saturated carbocycles. The van der Waals surface area contributed by atoms with Crippen molar-refractivity contribution in [3.05, 3.63) is 0 Å². The molecule has 1 heterocycles. The maximum atomic E-state index is 11.8. The van der Waals surface area contributed by atoms with Crippen LogP contribution in [0.4, 0.5) is 8.78 Å². The molecule has 5 nitrogen and oxygen atoms in total. The number of alkyl halides is 2. The molecule has 1 aliphatic rings. The first kappa shape index (κ1) is 11.8. The van der Waals surface area contributed by atoms with Gasteiger partial charge in [0, 0.05) is 13.0 Å². The summed E-state index contributed by atoms with van der Waals surface area (Å²) >= 11 is 0. The Kier molecular flexibility index (Phi) is 3.96. The molecule has 15 heavy (non-hydrogen) atoms. The van der Waals surface area contributed by atoms with Gasteiger partial charge in [-0.05, 0) is 6.42 Å². The van der Waals surface area contributed by atoms with Crippen LogP contribution >= 0.6 is 0 Å². The second-order valence-corrected chi connectivity index (χ2v) is 3.31. The molecule has 1 fully saturated rings. The lowest BCUT2D eigenvalue weighted by molar-refractivity contribution is -0.126. The molecule has 86 valence electrons. The highest BCUT2D eigenvalue weighted by molar-refractivity contribution is 5.90. The Balaban J connectivity index is 2.27. The van der Waals surface area contributed by atoms with Crippen molar-refractivity contribution in [3.8, 4) is 0 Å². The molecule has 1 saturated heterocycles. The maximum Gasteiger partial charge on any atom is 0.265 e. The third kappa shape index (κ3) is 3.43. The fourth-order valence-corrected chi connectivity index (χ4v) is 1.23. The fourth-order valence-electron chi connectivity index (χ4n) is 1.23. The maximum absolute atomic E-state index is 11.8. The molecule has 0 aromatic carbocycles. The van der Waals surface area contributed by atoms with Crippen molar-refractivity contribution < 1.29 is 23.5 Å². The van der Waals surface area contributed by atoms with Gasteiger partial charge in [0.1, 0.15) is 12.1 Å². The summed E-state index contributed by atoms with van der Waals surface area (Å²) in [5.74, 6) is -0.773. The van der Waals surface area contributed by atoms with E-state index >= 15 is 0 Å². The van der Waals surface area contributed by atoms with E-state index in [0.29, 0.717) is 6.42 Å². The molecule has 0 aromatic rings. The Morgan fingerprint density at radius 1 is 1.67 bits per heavy atom. The first-order valence-electron chi connectivity index (χ1n) is 4.54. The summed E-state index contributed by atoms with van der Waals surface area (Å²) in [6.45, 7) is -0.511. The second kappa shape index (κ2) is 5.01. The van der Waals surface area contributed by atoms with Crippen LogP contribution in [-0.2, 0) is 9.59 Å². The van der Waals surface area contributed by atoms with Crippen molar-refractivity contribution in [2.45, 2.75) is 31.4 Å². The number of aliphatic hydroxyl groups excluding tert-OH is 1. The van der Waals surface area contributed by atoms with Crippen LogP contribution in [0.25, 0.3) is 0 Å². The smallest absolute Gasteiger partial charge is 0.265 e. The quantitative estimate of drug-likeness (QED) is 0.571. The molecule has 0 aliphatic carbocycles. The Labute approximate surface area is 84.8 Å². The number of carbonyl (C=O) groups excluding carboxylic acids is 2. The van der Waals surface area contributed by atoms with Gasteiger partial charge in [-0.25, -0.2) is 8.78 Å². The van der Waals surface area contributed by atoms with Gasteiger partial charge in [0.15, 0.2) is 0 Å². The Bertz CT molecular complexity index is 260. The number of hydrogen-bond acceptors (Lipinski definition) is 3.